The molecule has 0 amide bonds. The van der Waals surface area contributed by atoms with Crippen molar-refractivity contribution in [2.24, 2.45) is 0 Å². The summed E-state index contributed by atoms with van der Waals surface area (Å²) < 4.78 is 2.89. The third-order valence-electron chi connectivity index (χ3n) is 1.86. The number of hydrogen-bond acceptors (Lipinski definition) is 2. The maximum Gasteiger partial charge on any atom is 0.306 e. The summed E-state index contributed by atoms with van der Waals surface area (Å²) in [6, 6.07) is 1.67. The van der Waals surface area contributed by atoms with E-state index in [1.807, 2.05) is 0 Å². The summed E-state index contributed by atoms with van der Waals surface area (Å²) in [4.78, 5) is 10.5. The summed E-state index contributed by atoms with van der Waals surface area (Å²) in [5.41, 5.74) is 0.518. The van der Waals surface area contributed by atoms with Gasteiger partial charge in [-0.05, 0) is 75.3 Å². The Morgan fingerprint density at radius 2 is 1.75 bits per heavy atom. The number of halogens is 4. The van der Waals surface area contributed by atoms with Crippen LogP contribution < -0.4 is 0 Å². The van der Waals surface area contributed by atoms with Crippen LogP contribution in [0.4, 0.5) is 0 Å². The van der Waals surface area contributed by atoms with Crippen LogP contribution >= 0.6 is 63.7 Å². The van der Waals surface area contributed by atoms with Gasteiger partial charge in [-0.2, -0.15) is 0 Å². The summed E-state index contributed by atoms with van der Waals surface area (Å²) in [5.74, 6) is -1.05. The molecule has 16 heavy (non-hydrogen) atoms. The number of aliphatic carboxylic acids is 1. The lowest BCUT2D eigenvalue weighted by Gasteiger charge is -2.14. The first-order chi connectivity index (χ1) is 7.34. The molecule has 3 nitrogen and oxygen atoms in total. The molecule has 0 fully saturated rings. The van der Waals surface area contributed by atoms with Crippen LogP contribution in [0.5, 0.6) is 0 Å². The molecule has 1 aromatic carbocycles. The van der Waals surface area contributed by atoms with Crippen molar-refractivity contribution in [2.45, 2.75) is 12.5 Å². The summed E-state index contributed by atoms with van der Waals surface area (Å²) in [5, 5.41) is 18.4. The van der Waals surface area contributed by atoms with Gasteiger partial charge in [0.05, 0.1) is 12.5 Å². The van der Waals surface area contributed by atoms with Crippen molar-refractivity contribution in [3.63, 3.8) is 0 Å². The zero-order valence-electron chi connectivity index (χ0n) is 7.68. The lowest BCUT2D eigenvalue weighted by Crippen LogP contribution is -2.06. The number of hydrogen-bond donors (Lipinski definition) is 2. The zero-order valence-corrected chi connectivity index (χ0v) is 14.0. The Hall–Kier alpha value is 0.570. The van der Waals surface area contributed by atoms with E-state index in [-0.39, 0.29) is 6.42 Å². The summed E-state index contributed by atoms with van der Waals surface area (Å²) in [6.07, 6.45) is -1.38. The molecule has 0 saturated carbocycles. The molecule has 0 bridgehead atoms. The van der Waals surface area contributed by atoms with Crippen molar-refractivity contribution in [2.75, 3.05) is 0 Å². The second-order valence-corrected chi connectivity index (χ2v) is 6.24. The zero-order chi connectivity index (χ0) is 12.5. The topological polar surface area (TPSA) is 57.5 Å². The average molecular weight is 482 g/mol. The van der Waals surface area contributed by atoms with Crippen LogP contribution in [0.1, 0.15) is 18.1 Å². The Bertz CT molecular complexity index is 433. The van der Waals surface area contributed by atoms with E-state index in [1.165, 1.54) is 0 Å². The van der Waals surface area contributed by atoms with Crippen molar-refractivity contribution in [3.8, 4) is 0 Å². The fraction of sp³-hybridized carbons (Fsp3) is 0.222. The van der Waals surface area contributed by atoms with E-state index in [1.54, 1.807) is 6.07 Å². The molecule has 0 heterocycles. The predicted molar refractivity (Wildman–Crippen MR) is 74.5 cm³/mol. The molecule has 2 N–H and O–H groups in total. The normalized spacial score (nSPS) is 12.6. The van der Waals surface area contributed by atoms with Crippen molar-refractivity contribution in [3.05, 3.63) is 29.5 Å². The fourth-order valence-electron chi connectivity index (χ4n) is 1.11. The lowest BCUT2D eigenvalue weighted by molar-refractivity contribution is -0.139. The minimum absolute atomic E-state index is 0.334. The third kappa shape index (κ3) is 3.29. The van der Waals surface area contributed by atoms with Gasteiger partial charge in [-0.15, -0.1) is 0 Å². The van der Waals surface area contributed by atoms with Gasteiger partial charge in [0, 0.05) is 17.9 Å². The van der Waals surface area contributed by atoms with Crippen molar-refractivity contribution < 1.29 is 15.0 Å². The molecule has 0 spiro atoms. The minimum atomic E-state index is -1.05. The van der Waals surface area contributed by atoms with Crippen molar-refractivity contribution in [1.82, 2.24) is 0 Å². The molecule has 0 saturated heterocycles. The Morgan fingerprint density at radius 1 is 1.19 bits per heavy atom. The number of rotatable bonds is 3. The first-order valence-corrected chi connectivity index (χ1v) is 7.24. The Kier molecular flexibility index (Phi) is 5.44. The summed E-state index contributed by atoms with van der Waals surface area (Å²) in [7, 11) is 0. The predicted octanol–water partition coefficient (Wildman–Crippen LogP) is 4.24. The van der Waals surface area contributed by atoms with E-state index in [0.29, 0.717) is 10.0 Å². The molecule has 0 radical (unpaired) electrons. The van der Waals surface area contributed by atoms with Crippen LogP contribution in [0.2, 0.25) is 0 Å². The molecule has 7 heteroatoms. The van der Waals surface area contributed by atoms with Gasteiger partial charge in [0.15, 0.2) is 0 Å². The minimum Gasteiger partial charge on any atom is -0.481 e. The van der Waals surface area contributed by atoms with E-state index in [9.17, 15) is 9.90 Å². The van der Waals surface area contributed by atoms with Gasteiger partial charge in [0.25, 0.3) is 0 Å². The van der Waals surface area contributed by atoms with Gasteiger partial charge < -0.3 is 10.2 Å². The molecule has 0 aliphatic heterocycles. The average Bonchev–Trinajstić information content (AvgIpc) is 2.19. The standard InChI is InChI=1S/C9H6Br4O3/c10-4-1-3(5(14)2-6(15)16)7(11)9(13)8(4)12/h1,5,14H,2H2,(H,15,16). The molecule has 1 rings (SSSR count). The van der Waals surface area contributed by atoms with Crippen LogP contribution in [-0.2, 0) is 4.79 Å². The quantitative estimate of drug-likeness (QED) is 0.501. The molecule has 1 aromatic rings. The lowest BCUT2D eigenvalue weighted by atomic mass is 10.1. The van der Waals surface area contributed by atoms with Crippen molar-refractivity contribution >= 4 is 69.7 Å². The number of carboxylic acid groups (broad SMARTS) is 1. The molecule has 88 valence electrons. The summed E-state index contributed by atoms with van der Waals surface area (Å²) in [6.45, 7) is 0. The maximum atomic E-state index is 10.5. The highest BCUT2D eigenvalue weighted by Crippen LogP contribution is 2.41. The van der Waals surface area contributed by atoms with Crippen LogP contribution in [-0.4, -0.2) is 16.2 Å². The number of carbonyl (C=O) groups is 1. The Labute approximate surface area is 126 Å². The number of aliphatic hydroxyl groups excluding tert-OH is 1. The second kappa shape index (κ2) is 5.95. The maximum absolute atomic E-state index is 10.5. The second-order valence-electron chi connectivity index (χ2n) is 3.00. The van der Waals surface area contributed by atoms with E-state index in [0.717, 1.165) is 13.4 Å². The molecule has 0 aliphatic rings. The van der Waals surface area contributed by atoms with Gasteiger partial charge in [-0.3, -0.25) is 4.79 Å². The van der Waals surface area contributed by atoms with Gasteiger partial charge in [0.2, 0.25) is 0 Å². The molecular weight excluding hydrogens is 476 g/mol. The van der Waals surface area contributed by atoms with Gasteiger partial charge in [0.1, 0.15) is 0 Å². The molecule has 1 unspecified atom stereocenters. The SMILES string of the molecule is O=C(O)CC(O)c1cc(Br)c(Br)c(Br)c1Br. The smallest absolute Gasteiger partial charge is 0.306 e. The van der Waals surface area contributed by atoms with E-state index in [4.69, 9.17) is 5.11 Å². The highest BCUT2D eigenvalue weighted by atomic mass is 79.9. The third-order valence-corrected chi connectivity index (χ3v) is 6.55. The number of carboxylic acids is 1. The molecule has 0 aromatic heterocycles. The summed E-state index contributed by atoms with van der Waals surface area (Å²) >= 11 is 13.3. The van der Waals surface area contributed by atoms with Crippen molar-refractivity contribution in [1.29, 1.82) is 0 Å². The molecule has 0 aliphatic carbocycles. The fourth-order valence-corrected chi connectivity index (χ4v) is 3.42. The Balaban J connectivity index is 3.19. The Morgan fingerprint density at radius 3 is 2.25 bits per heavy atom. The first-order valence-electron chi connectivity index (χ1n) is 4.07. The highest BCUT2D eigenvalue weighted by Gasteiger charge is 2.19. The largest absolute Gasteiger partial charge is 0.481 e. The molecular formula is C9H6Br4O3. The number of aliphatic hydroxyl groups is 1. The van der Waals surface area contributed by atoms with Crippen LogP contribution in [0.15, 0.2) is 24.0 Å². The van der Waals surface area contributed by atoms with Crippen LogP contribution in [0, 0.1) is 0 Å². The number of benzene rings is 1. The van der Waals surface area contributed by atoms with E-state index >= 15 is 0 Å². The van der Waals surface area contributed by atoms with Gasteiger partial charge >= 0.3 is 5.97 Å². The van der Waals surface area contributed by atoms with E-state index in [2.05, 4.69) is 63.7 Å². The van der Waals surface area contributed by atoms with Crippen LogP contribution in [0.3, 0.4) is 0 Å². The monoisotopic (exact) mass is 478 g/mol. The van der Waals surface area contributed by atoms with Crippen LogP contribution in [0.25, 0.3) is 0 Å². The van der Waals surface area contributed by atoms with E-state index < -0.39 is 12.1 Å². The highest BCUT2D eigenvalue weighted by molar-refractivity contribution is 9.15. The van der Waals surface area contributed by atoms with Gasteiger partial charge in [-0.25, -0.2) is 0 Å². The van der Waals surface area contributed by atoms with Gasteiger partial charge in [-0.1, -0.05) is 0 Å². The molecule has 1 atom stereocenters. The first kappa shape index (κ1) is 14.6.